The van der Waals surface area contributed by atoms with Crippen LogP contribution in [-0.2, 0) is 0 Å². The second kappa shape index (κ2) is 6.73. The van der Waals surface area contributed by atoms with Crippen molar-refractivity contribution in [3.63, 3.8) is 0 Å². The summed E-state index contributed by atoms with van der Waals surface area (Å²) in [4.78, 5) is 0. The third-order valence-electron chi connectivity index (χ3n) is 4.45. The van der Waals surface area contributed by atoms with Gasteiger partial charge in [0.15, 0.2) is 0 Å². The minimum atomic E-state index is -1.82. The highest BCUT2D eigenvalue weighted by Gasteiger charge is 2.38. The van der Waals surface area contributed by atoms with Crippen LogP contribution in [0.1, 0.15) is 31.9 Å². The Hall–Kier alpha value is -2.20. The lowest BCUT2D eigenvalue weighted by Crippen LogP contribution is -2.43. The smallest absolute Gasteiger partial charge is 0.250 e. The van der Waals surface area contributed by atoms with Crippen molar-refractivity contribution in [3.8, 4) is 17.2 Å². The fraction of sp³-hybridized carbons (Fsp3) is 0.300. The van der Waals surface area contributed by atoms with Crippen LogP contribution in [0.15, 0.2) is 42.5 Å². The first-order valence-electron chi connectivity index (χ1n) is 8.07. The van der Waals surface area contributed by atoms with Crippen molar-refractivity contribution in [3.05, 3.63) is 53.6 Å². The predicted molar refractivity (Wildman–Crippen MR) is 103 cm³/mol. The van der Waals surface area contributed by atoms with Gasteiger partial charge < -0.3 is 14.6 Å². The maximum absolute atomic E-state index is 9.49. The van der Waals surface area contributed by atoms with Gasteiger partial charge in [-0.1, -0.05) is 45.1 Å². The number of phenolic OH excluding ortho intramolecular Hbond substituents is 2. The molecule has 0 aromatic heterocycles. The average Bonchev–Trinajstić information content (AvgIpc) is 2.44. The Balaban J connectivity index is 2.11. The molecular formula is C20H26O3Si. The zero-order valence-corrected chi connectivity index (χ0v) is 16.0. The van der Waals surface area contributed by atoms with Gasteiger partial charge in [0.2, 0.25) is 8.32 Å². The molecule has 2 rings (SSSR count). The van der Waals surface area contributed by atoms with E-state index in [-0.39, 0.29) is 16.5 Å². The van der Waals surface area contributed by atoms with Crippen molar-refractivity contribution in [2.45, 2.75) is 38.9 Å². The first-order chi connectivity index (χ1) is 11.1. The topological polar surface area (TPSA) is 49.7 Å². The number of hydrogen-bond acceptors (Lipinski definition) is 3. The van der Waals surface area contributed by atoms with Crippen LogP contribution < -0.4 is 4.43 Å². The molecule has 0 fully saturated rings. The highest BCUT2D eigenvalue weighted by molar-refractivity contribution is 6.74. The van der Waals surface area contributed by atoms with Crippen molar-refractivity contribution in [1.29, 1.82) is 0 Å². The van der Waals surface area contributed by atoms with E-state index in [4.69, 9.17) is 4.43 Å². The Morgan fingerprint density at radius 2 is 1.33 bits per heavy atom. The van der Waals surface area contributed by atoms with Crippen molar-refractivity contribution in [1.82, 2.24) is 0 Å². The number of rotatable bonds is 4. The number of phenols is 2. The summed E-state index contributed by atoms with van der Waals surface area (Å²) >= 11 is 0. The highest BCUT2D eigenvalue weighted by Crippen LogP contribution is 2.37. The van der Waals surface area contributed by atoms with Crippen LogP contribution in [0.2, 0.25) is 18.1 Å². The molecule has 0 saturated carbocycles. The fourth-order valence-electron chi connectivity index (χ4n) is 2.00. The third-order valence-corrected chi connectivity index (χ3v) is 8.81. The standard InChI is InChI=1S/C20H26O3Si/c1-20(2,3)24(4,5)23-19-10-8-15(9-11-19)6-7-16-12-17(21)14-18(22)13-16/h6-14,21-22H,1-5H3. The summed E-state index contributed by atoms with van der Waals surface area (Å²) in [6.07, 6.45) is 3.79. The van der Waals surface area contributed by atoms with E-state index in [1.165, 1.54) is 6.07 Å². The summed E-state index contributed by atoms with van der Waals surface area (Å²) in [5.74, 6) is 0.995. The lowest BCUT2D eigenvalue weighted by molar-refractivity contribution is 0.450. The van der Waals surface area contributed by atoms with E-state index in [0.29, 0.717) is 0 Å². The maximum atomic E-state index is 9.49. The second-order valence-corrected chi connectivity index (χ2v) is 12.3. The van der Waals surface area contributed by atoms with Crippen LogP contribution in [0, 0.1) is 0 Å². The molecule has 0 heterocycles. The molecule has 128 valence electrons. The van der Waals surface area contributed by atoms with Crippen LogP contribution in [0.5, 0.6) is 17.2 Å². The van der Waals surface area contributed by atoms with E-state index in [9.17, 15) is 10.2 Å². The largest absolute Gasteiger partial charge is 0.544 e. The van der Waals surface area contributed by atoms with E-state index < -0.39 is 8.32 Å². The fourth-order valence-corrected chi connectivity index (χ4v) is 3.03. The molecule has 0 unspecified atom stereocenters. The molecule has 0 aliphatic rings. The molecule has 0 amide bonds. The Labute approximate surface area is 145 Å². The first kappa shape index (κ1) is 18.1. The molecule has 2 N–H and O–H groups in total. The average molecular weight is 343 g/mol. The highest BCUT2D eigenvalue weighted by atomic mass is 28.4. The van der Waals surface area contributed by atoms with Gasteiger partial charge in [-0.3, -0.25) is 0 Å². The van der Waals surface area contributed by atoms with Crippen molar-refractivity contribution in [2.75, 3.05) is 0 Å². The maximum Gasteiger partial charge on any atom is 0.250 e. The first-order valence-corrected chi connectivity index (χ1v) is 11.0. The molecule has 24 heavy (non-hydrogen) atoms. The molecule has 0 radical (unpaired) electrons. The summed E-state index contributed by atoms with van der Waals surface area (Å²) in [6.45, 7) is 11.1. The van der Waals surface area contributed by atoms with Crippen molar-refractivity contribution in [2.24, 2.45) is 0 Å². The van der Waals surface area contributed by atoms with E-state index in [2.05, 4.69) is 33.9 Å². The number of benzene rings is 2. The van der Waals surface area contributed by atoms with Gasteiger partial charge in [-0.15, -0.1) is 0 Å². The van der Waals surface area contributed by atoms with Crippen LogP contribution in [-0.4, -0.2) is 18.5 Å². The summed E-state index contributed by atoms with van der Waals surface area (Å²) in [6, 6.07) is 12.5. The van der Waals surface area contributed by atoms with E-state index in [1.54, 1.807) is 12.1 Å². The predicted octanol–water partition coefficient (Wildman–Crippen LogP) is 5.65. The van der Waals surface area contributed by atoms with Crippen LogP contribution in [0.25, 0.3) is 12.2 Å². The van der Waals surface area contributed by atoms with Crippen LogP contribution in [0.4, 0.5) is 0 Å². The Bertz CT molecular complexity index is 705. The third kappa shape index (κ3) is 4.65. The molecule has 0 aliphatic heterocycles. The van der Waals surface area contributed by atoms with Gasteiger partial charge in [0.25, 0.3) is 0 Å². The van der Waals surface area contributed by atoms with Gasteiger partial charge in [-0.25, -0.2) is 0 Å². The molecule has 2 aromatic rings. The SMILES string of the molecule is CC(C)(C)[Si](C)(C)Oc1ccc(C=Cc2cc(O)cc(O)c2)cc1. The molecule has 0 saturated heterocycles. The van der Waals surface area contributed by atoms with Crippen LogP contribution in [0.3, 0.4) is 0 Å². The summed E-state index contributed by atoms with van der Waals surface area (Å²) in [5.41, 5.74) is 1.77. The quantitative estimate of drug-likeness (QED) is 0.557. The van der Waals surface area contributed by atoms with Gasteiger partial charge in [0, 0.05) is 6.07 Å². The van der Waals surface area contributed by atoms with Gasteiger partial charge in [-0.2, -0.15) is 0 Å². The summed E-state index contributed by atoms with van der Waals surface area (Å²) in [5, 5.41) is 19.2. The Kier molecular flexibility index (Phi) is 5.09. The molecule has 3 nitrogen and oxygen atoms in total. The van der Waals surface area contributed by atoms with Crippen molar-refractivity contribution < 1.29 is 14.6 Å². The zero-order valence-electron chi connectivity index (χ0n) is 15.0. The molecular weight excluding hydrogens is 316 g/mol. The van der Waals surface area contributed by atoms with E-state index in [0.717, 1.165) is 16.9 Å². The lowest BCUT2D eigenvalue weighted by Gasteiger charge is -2.36. The van der Waals surface area contributed by atoms with E-state index >= 15 is 0 Å². The van der Waals surface area contributed by atoms with Gasteiger partial charge >= 0.3 is 0 Å². The second-order valence-electron chi connectivity index (χ2n) is 7.55. The lowest BCUT2D eigenvalue weighted by atomic mass is 10.1. The van der Waals surface area contributed by atoms with Crippen molar-refractivity contribution >= 4 is 20.5 Å². The molecule has 0 bridgehead atoms. The van der Waals surface area contributed by atoms with Gasteiger partial charge in [0.1, 0.15) is 17.2 Å². The Morgan fingerprint density at radius 3 is 1.83 bits per heavy atom. The molecule has 0 atom stereocenters. The molecule has 4 heteroatoms. The van der Waals surface area contributed by atoms with E-state index in [1.807, 2.05) is 36.4 Å². The minimum absolute atomic E-state index is 0.0489. The molecule has 0 spiro atoms. The van der Waals surface area contributed by atoms with Gasteiger partial charge in [-0.05, 0) is 53.5 Å². The van der Waals surface area contributed by atoms with Gasteiger partial charge in [0.05, 0.1) is 0 Å². The number of aromatic hydroxyl groups is 2. The summed E-state index contributed by atoms with van der Waals surface area (Å²) in [7, 11) is -1.82. The Morgan fingerprint density at radius 1 is 0.833 bits per heavy atom. The minimum Gasteiger partial charge on any atom is -0.544 e. The molecule has 2 aromatic carbocycles. The zero-order chi connectivity index (χ0) is 18.0. The normalized spacial score (nSPS) is 12.5. The van der Waals surface area contributed by atoms with Crippen LogP contribution >= 0.6 is 0 Å². The monoisotopic (exact) mass is 342 g/mol. The summed E-state index contributed by atoms with van der Waals surface area (Å²) < 4.78 is 6.26. The number of hydrogen-bond donors (Lipinski definition) is 2. The molecule has 0 aliphatic carbocycles.